The van der Waals surface area contributed by atoms with Crippen LogP contribution in [-0.2, 0) is 9.59 Å². The summed E-state index contributed by atoms with van der Waals surface area (Å²) in [6.45, 7) is 0. The lowest BCUT2D eigenvalue weighted by Gasteiger charge is -2.35. The Bertz CT molecular complexity index is 1280. The molecule has 2 amide bonds. The number of fused-ring (bicyclic) bond motifs is 5. The maximum absolute atomic E-state index is 13.7. The first-order chi connectivity index (χ1) is 15.6. The van der Waals surface area contributed by atoms with Crippen LogP contribution in [0.2, 0.25) is 0 Å². The largest absolute Gasteiger partial charge is 0.358 e. The quantitative estimate of drug-likeness (QED) is 0.447. The van der Waals surface area contributed by atoms with Gasteiger partial charge in [-0.3, -0.25) is 14.4 Å². The first-order valence-electron chi connectivity index (χ1n) is 10.3. The summed E-state index contributed by atoms with van der Waals surface area (Å²) >= 11 is 1.33. The number of ketones is 1. The lowest BCUT2D eigenvalue weighted by molar-refractivity contribution is -0.123. The number of rotatable bonds is 3. The van der Waals surface area contributed by atoms with Gasteiger partial charge >= 0.3 is 0 Å². The lowest BCUT2D eigenvalue weighted by Crippen LogP contribution is -2.44. The van der Waals surface area contributed by atoms with Gasteiger partial charge in [0.15, 0.2) is 5.78 Å². The zero-order valence-corrected chi connectivity index (χ0v) is 17.5. The summed E-state index contributed by atoms with van der Waals surface area (Å²) in [5.41, 5.74) is 2.22. The number of thiophene rings is 1. The molecular weight excluding hydrogens is 427 g/mol. The van der Waals surface area contributed by atoms with E-state index in [4.69, 9.17) is 0 Å². The fourth-order valence-electron chi connectivity index (χ4n) is 5.27. The molecule has 0 saturated carbocycles. The molecule has 2 saturated heterocycles. The third-order valence-corrected chi connectivity index (χ3v) is 7.46. The summed E-state index contributed by atoms with van der Waals surface area (Å²) in [6, 6.07) is 15.4. The zero-order chi connectivity index (χ0) is 22.0. The number of carbonyl (C=O) groups excluding carboxylic acids is 3. The van der Waals surface area contributed by atoms with E-state index in [-0.39, 0.29) is 11.7 Å². The van der Waals surface area contributed by atoms with Crippen molar-refractivity contribution in [3.63, 3.8) is 0 Å². The lowest BCUT2D eigenvalue weighted by atomic mass is 9.84. The summed E-state index contributed by atoms with van der Waals surface area (Å²) in [7, 11) is 0. The van der Waals surface area contributed by atoms with Gasteiger partial charge in [0.2, 0.25) is 11.8 Å². The number of benzene rings is 2. The van der Waals surface area contributed by atoms with Crippen molar-refractivity contribution >= 4 is 40.7 Å². The first kappa shape index (κ1) is 19.1. The predicted octanol–water partition coefficient (Wildman–Crippen LogP) is 4.29. The van der Waals surface area contributed by atoms with E-state index in [2.05, 4.69) is 0 Å². The van der Waals surface area contributed by atoms with Crippen molar-refractivity contribution in [2.45, 2.75) is 12.1 Å². The summed E-state index contributed by atoms with van der Waals surface area (Å²) in [4.78, 5) is 44.4. The fourth-order valence-corrected chi connectivity index (χ4v) is 5.96. The molecule has 158 valence electrons. The van der Waals surface area contributed by atoms with Gasteiger partial charge in [-0.2, -0.15) is 0 Å². The van der Waals surface area contributed by atoms with Crippen molar-refractivity contribution in [3.05, 3.63) is 94.1 Å². The molecule has 3 aliphatic rings. The normalized spacial score (nSPS) is 25.7. The van der Waals surface area contributed by atoms with Gasteiger partial charge in [0.1, 0.15) is 11.9 Å². The fraction of sp³-hybridized carbons (Fsp3) is 0.160. The van der Waals surface area contributed by atoms with Gasteiger partial charge in [-0.25, -0.2) is 9.29 Å². The molecule has 0 N–H and O–H groups in total. The highest BCUT2D eigenvalue weighted by molar-refractivity contribution is 7.12. The van der Waals surface area contributed by atoms with Gasteiger partial charge < -0.3 is 4.90 Å². The number of anilines is 1. The zero-order valence-electron chi connectivity index (χ0n) is 16.7. The highest BCUT2D eigenvalue weighted by atomic mass is 32.1. The molecule has 0 aliphatic carbocycles. The molecule has 6 rings (SSSR count). The maximum atomic E-state index is 13.7. The number of carbonyl (C=O) groups is 3. The first-order valence-corrected chi connectivity index (χ1v) is 11.2. The van der Waals surface area contributed by atoms with E-state index in [0.717, 1.165) is 16.0 Å². The second-order valence-corrected chi connectivity index (χ2v) is 9.11. The molecule has 4 atom stereocenters. The Balaban J connectivity index is 1.50. The molecule has 0 unspecified atom stereocenters. The Kier molecular flexibility index (Phi) is 4.16. The number of Topliss-reactive ketones (excluding diaryl/α,β-unsaturated/α-hetero) is 1. The molecule has 2 fully saturated rings. The third kappa shape index (κ3) is 2.58. The number of imide groups is 1. The van der Waals surface area contributed by atoms with Gasteiger partial charge in [0.05, 0.1) is 28.4 Å². The van der Waals surface area contributed by atoms with Gasteiger partial charge in [0, 0.05) is 6.20 Å². The third-order valence-electron chi connectivity index (χ3n) is 6.58. The van der Waals surface area contributed by atoms with Crippen LogP contribution < -0.4 is 4.90 Å². The minimum Gasteiger partial charge on any atom is -0.358 e. The average molecular weight is 444 g/mol. The standard InChI is InChI=1S/C25H17FN2O3S/c26-15-7-9-16(10-8-15)28-24(30)19-20(25(28)31)22(23(29)18-6-3-13-32-18)27-12-11-14-4-1-2-5-17(14)21(19)27/h1-13,19-22H/t19-,20-,21+,22+/m1/s1. The molecule has 1 aromatic heterocycles. The van der Waals surface area contributed by atoms with E-state index >= 15 is 0 Å². The van der Waals surface area contributed by atoms with Crippen LogP contribution in [0, 0.1) is 17.7 Å². The Morgan fingerprint density at radius 1 is 0.906 bits per heavy atom. The average Bonchev–Trinajstić information content (AvgIpc) is 3.51. The van der Waals surface area contributed by atoms with Crippen LogP contribution in [0.4, 0.5) is 10.1 Å². The molecular formula is C25H17FN2O3S. The summed E-state index contributed by atoms with van der Waals surface area (Å²) in [6.07, 6.45) is 3.76. The van der Waals surface area contributed by atoms with Crippen LogP contribution in [0.25, 0.3) is 6.08 Å². The van der Waals surface area contributed by atoms with Crippen LogP contribution in [0.15, 0.2) is 72.2 Å². The van der Waals surface area contributed by atoms with E-state index in [9.17, 15) is 18.8 Å². The second kappa shape index (κ2) is 6.97. The Hall–Kier alpha value is -3.58. The molecule has 3 aliphatic heterocycles. The highest BCUT2D eigenvalue weighted by Gasteiger charge is 2.64. The molecule has 2 aromatic carbocycles. The van der Waals surface area contributed by atoms with Crippen LogP contribution in [0.3, 0.4) is 0 Å². The van der Waals surface area contributed by atoms with E-state index in [1.54, 1.807) is 12.1 Å². The summed E-state index contributed by atoms with van der Waals surface area (Å²) < 4.78 is 13.5. The molecule has 7 heteroatoms. The van der Waals surface area contributed by atoms with Crippen LogP contribution >= 0.6 is 11.3 Å². The number of hydrogen-bond donors (Lipinski definition) is 0. The van der Waals surface area contributed by atoms with Crippen molar-refractivity contribution in [1.29, 1.82) is 0 Å². The van der Waals surface area contributed by atoms with Crippen LogP contribution in [-0.4, -0.2) is 28.5 Å². The SMILES string of the molecule is O=C(c1cccs1)[C@@H]1[C@@H]2C(=O)N(c3ccc(F)cc3)C(=O)[C@H]2[C@@H]2c3ccccc3C=CN12. The molecule has 0 bridgehead atoms. The van der Waals surface area contributed by atoms with E-state index in [1.165, 1.54) is 35.6 Å². The summed E-state index contributed by atoms with van der Waals surface area (Å²) in [5, 5.41) is 1.82. The van der Waals surface area contributed by atoms with E-state index < -0.39 is 35.6 Å². The van der Waals surface area contributed by atoms with Gasteiger partial charge in [-0.15, -0.1) is 11.3 Å². The van der Waals surface area contributed by atoms with Gasteiger partial charge in [-0.1, -0.05) is 30.3 Å². The van der Waals surface area contributed by atoms with Crippen molar-refractivity contribution in [1.82, 2.24) is 4.90 Å². The number of amides is 2. The highest BCUT2D eigenvalue weighted by Crippen LogP contribution is 2.53. The Morgan fingerprint density at radius 2 is 1.66 bits per heavy atom. The predicted molar refractivity (Wildman–Crippen MR) is 118 cm³/mol. The number of nitrogens with zero attached hydrogens (tertiary/aromatic N) is 2. The minimum absolute atomic E-state index is 0.163. The number of hydrogen-bond acceptors (Lipinski definition) is 5. The van der Waals surface area contributed by atoms with E-state index in [0.29, 0.717) is 10.6 Å². The van der Waals surface area contributed by atoms with Crippen molar-refractivity contribution in [2.24, 2.45) is 11.8 Å². The van der Waals surface area contributed by atoms with Crippen molar-refractivity contribution in [2.75, 3.05) is 4.90 Å². The second-order valence-electron chi connectivity index (χ2n) is 8.16. The van der Waals surface area contributed by atoms with Crippen molar-refractivity contribution < 1.29 is 18.8 Å². The van der Waals surface area contributed by atoms with Crippen LogP contribution in [0.1, 0.15) is 26.8 Å². The van der Waals surface area contributed by atoms with Crippen LogP contribution in [0.5, 0.6) is 0 Å². The number of halogens is 1. The van der Waals surface area contributed by atoms with E-state index in [1.807, 2.05) is 46.8 Å². The minimum atomic E-state index is -0.817. The Morgan fingerprint density at radius 3 is 2.41 bits per heavy atom. The van der Waals surface area contributed by atoms with Gasteiger partial charge in [0.25, 0.3) is 0 Å². The maximum Gasteiger partial charge on any atom is 0.240 e. The molecule has 32 heavy (non-hydrogen) atoms. The smallest absolute Gasteiger partial charge is 0.240 e. The molecule has 0 radical (unpaired) electrons. The van der Waals surface area contributed by atoms with Gasteiger partial charge in [-0.05, 0) is 52.9 Å². The molecule has 3 aromatic rings. The molecule has 4 heterocycles. The summed E-state index contributed by atoms with van der Waals surface area (Å²) in [5.74, 6) is -2.90. The molecule has 5 nitrogen and oxygen atoms in total. The Labute approximate surface area is 187 Å². The van der Waals surface area contributed by atoms with Crippen molar-refractivity contribution in [3.8, 4) is 0 Å². The topological polar surface area (TPSA) is 57.7 Å². The molecule has 0 spiro atoms. The monoisotopic (exact) mass is 444 g/mol.